The Bertz CT molecular complexity index is 614. The third-order valence-corrected chi connectivity index (χ3v) is 4.20. The van der Waals surface area contributed by atoms with E-state index in [-0.39, 0.29) is 6.04 Å². The molecule has 2 heterocycles. The van der Waals surface area contributed by atoms with Crippen molar-refractivity contribution in [3.05, 3.63) is 53.6 Å². The lowest BCUT2D eigenvalue weighted by Crippen LogP contribution is -2.27. The molecule has 1 N–H and O–H groups in total. The molecular weight excluding hydrogens is 262 g/mol. The number of rotatable bonds is 5. The first-order valence-corrected chi connectivity index (χ1v) is 7.50. The summed E-state index contributed by atoms with van der Waals surface area (Å²) in [5, 5.41) is 3.61. The Balaban J connectivity index is 2.00. The van der Waals surface area contributed by atoms with E-state index in [9.17, 15) is 0 Å². The second kappa shape index (κ2) is 6.22. The van der Waals surface area contributed by atoms with Gasteiger partial charge in [-0.15, -0.1) is 0 Å². The third kappa shape index (κ3) is 2.63. The summed E-state index contributed by atoms with van der Waals surface area (Å²) in [6, 6.07) is 6.47. The number of aryl methyl sites for hydroxylation is 1. The number of fused-ring (bicyclic) bond motifs is 1. The average Bonchev–Trinajstić information content (AvgIpc) is 2.96. The van der Waals surface area contributed by atoms with Crippen LogP contribution in [0.25, 0.3) is 0 Å². The highest BCUT2D eigenvalue weighted by Gasteiger charge is 2.32. The fraction of sp³-hybridized carbons (Fsp3) is 0.412. The van der Waals surface area contributed by atoms with Gasteiger partial charge in [-0.25, -0.2) is 0 Å². The van der Waals surface area contributed by atoms with Gasteiger partial charge in [-0.1, -0.05) is 13.0 Å². The molecule has 21 heavy (non-hydrogen) atoms. The van der Waals surface area contributed by atoms with Gasteiger partial charge in [0, 0.05) is 35.6 Å². The minimum atomic E-state index is 0.212. The monoisotopic (exact) mass is 283 g/mol. The molecule has 0 bridgehead atoms. The number of pyridine rings is 2. The Hall–Kier alpha value is -1.94. The van der Waals surface area contributed by atoms with E-state index < -0.39 is 0 Å². The lowest BCUT2D eigenvalue weighted by atomic mass is 9.90. The van der Waals surface area contributed by atoms with Gasteiger partial charge in [0.25, 0.3) is 0 Å². The lowest BCUT2D eigenvalue weighted by molar-refractivity contribution is 0.382. The number of ether oxygens (including phenoxy) is 1. The normalized spacial score (nSPS) is 18.3. The van der Waals surface area contributed by atoms with E-state index >= 15 is 0 Å². The first-order chi connectivity index (χ1) is 10.3. The number of hydrogen-bond acceptors (Lipinski definition) is 4. The van der Waals surface area contributed by atoms with Gasteiger partial charge in [0.05, 0.1) is 13.3 Å². The van der Waals surface area contributed by atoms with Gasteiger partial charge in [-0.2, -0.15) is 0 Å². The number of methoxy groups -OCH3 is 1. The number of likely N-dealkylation sites (N-methyl/N-ethyl adjacent to an activating group) is 1. The highest BCUT2D eigenvalue weighted by atomic mass is 16.5. The van der Waals surface area contributed by atoms with E-state index in [4.69, 9.17) is 4.74 Å². The highest BCUT2D eigenvalue weighted by molar-refractivity contribution is 5.38. The van der Waals surface area contributed by atoms with Crippen molar-refractivity contribution in [2.24, 2.45) is 0 Å². The molecule has 1 aliphatic rings. The van der Waals surface area contributed by atoms with Gasteiger partial charge in [-0.3, -0.25) is 9.97 Å². The number of hydrogen-bond donors (Lipinski definition) is 1. The second-order valence-electron chi connectivity index (χ2n) is 5.35. The number of nitrogens with one attached hydrogen (secondary N) is 1. The zero-order valence-electron chi connectivity index (χ0n) is 12.5. The summed E-state index contributed by atoms with van der Waals surface area (Å²) in [6.07, 6.45) is 7.73. The third-order valence-electron chi connectivity index (χ3n) is 4.20. The van der Waals surface area contributed by atoms with Crippen molar-refractivity contribution in [1.82, 2.24) is 15.3 Å². The second-order valence-corrected chi connectivity index (χ2v) is 5.35. The van der Waals surface area contributed by atoms with Gasteiger partial charge in [0.1, 0.15) is 5.75 Å². The molecular formula is C17H21N3O. The molecule has 4 nitrogen and oxygen atoms in total. The van der Waals surface area contributed by atoms with Crippen LogP contribution in [0.2, 0.25) is 0 Å². The molecule has 3 rings (SSSR count). The quantitative estimate of drug-likeness (QED) is 0.916. The van der Waals surface area contributed by atoms with Crippen LogP contribution >= 0.6 is 0 Å². The lowest BCUT2D eigenvalue weighted by Gasteiger charge is -2.26. The molecule has 2 aromatic rings. The van der Waals surface area contributed by atoms with E-state index in [1.165, 1.54) is 11.3 Å². The topological polar surface area (TPSA) is 47.0 Å². The zero-order valence-corrected chi connectivity index (χ0v) is 12.5. The summed E-state index contributed by atoms with van der Waals surface area (Å²) in [6.45, 7) is 3.05. The Morgan fingerprint density at radius 2 is 2.29 bits per heavy atom. The Morgan fingerprint density at radius 1 is 1.38 bits per heavy atom. The van der Waals surface area contributed by atoms with Gasteiger partial charge >= 0.3 is 0 Å². The number of aromatic nitrogens is 2. The van der Waals surface area contributed by atoms with E-state index in [2.05, 4.69) is 28.3 Å². The van der Waals surface area contributed by atoms with Crippen LogP contribution in [0.3, 0.4) is 0 Å². The van der Waals surface area contributed by atoms with Crippen molar-refractivity contribution in [2.75, 3.05) is 13.7 Å². The minimum absolute atomic E-state index is 0.212. The smallest absolute Gasteiger partial charge is 0.141 e. The van der Waals surface area contributed by atoms with Crippen LogP contribution in [0.5, 0.6) is 5.75 Å². The van der Waals surface area contributed by atoms with Crippen LogP contribution in [0.4, 0.5) is 0 Å². The van der Waals surface area contributed by atoms with E-state index in [0.717, 1.165) is 30.7 Å². The zero-order chi connectivity index (χ0) is 14.7. The molecule has 0 aliphatic heterocycles. The molecule has 2 unspecified atom stereocenters. The molecule has 2 aromatic heterocycles. The van der Waals surface area contributed by atoms with Crippen molar-refractivity contribution in [3.8, 4) is 5.75 Å². The van der Waals surface area contributed by atoms with Gasteiger partial charge in [0.2, 0.25) is 0 Å². The first kappa shape index (κ1) is 14.0. The molecule has 2 atom stereocenters. The number of nitrogens with zero attached hydrogens (tertiary/aromatic N) is 2. The Kier molecular flexibility index (Phi) is 4.15. The Labute approximate surface area is 125 Å². The van der Waals surface area contributed by atoms with Crippen LogP contribution < -0.4 is 10.1 Å². The molecule has 0 aromatic carbocycles. The summed E-state index contributed by atoms with van der Waals surface area (Å²) in [7, 11) is 1.70. The molecule has 4 heteroatoms. The maximum absolute atomic E-state index is 5.50. The van der Waals surface area contributed by atoms with Gasteiger partial charge in [0.15, 0.2) is 0 Å². The summed E-state index contributed by atoms with van der Waals surface area (Å²) in [4.78, 5) is 8.79. The predicted octanol–water partition coefficient (Wildman–Crippen LogP) is 2.87. The SMILES string of the molecule is CCNC(c1ccncc1OC)C1CCc2cccnc21. The molecule has 0 amide bonds. The van der Waals surface area contributed by atoms with Gasteiger partial charge in [-0.05, 0) is 37.1 Å². The van der Waals surface area contributed by atoms with Crippen LogP contribution in [0.1, 0.15) is 42.1 Å². The van der Waals surface area contributed by atoms with Crippen molar-refractivity contribution >= 4 is 0 Å². The average molecular weight is 283 g/mol. The molecule has 0 saturated heterocycles. The van der Waals surface area contributed by atoms with Crippen LogP contribution in [-0.4, -0.2) is 23.6 Å². The fourth-order valence-electron chi connectivity index (χ4n) is 3.28. The Morgan fingerprint density at radius 3 is 3.10 bits per heavy atom. The summed E-state index contributed by atoms with van der Waals surface area (Å²) < 4.78 is 5.50. The fourth-order valence-corrected chi connectivity index (χ4v) is 3.28. The van der Waals surface area contributed by atoms with Crippen LogP contribution in [-0.2, 0) is 6.42 Å². The van der Waals surface area contributed by atoms with Crippen molar-refractivity contribution in [1.29, 1.82) is 0 Å². The maximum Gasteiger partial charge on any atom is 0.141 e. The standard InChI is InChI=1S/C17H21N3O/c1-3-19-17(13-8-10-18-11-15(13)21-2)14-7-6-12-5-4-9-20-16(12)14/h4-5,8-11,14,17,19H,3,6-7H2,1-2H3. The summed E-state index contributed by atoms with van der Waals surface area (Å²) in [5.41, 5.74) is 3.76. The van der Waals surface area contributed by atoms with Crippen molar-refractivity contribution in [2.45, 2.75) is 31.7 Å². The summed E-state index contributed by atoms with van der Waals surface area (Å²) in [5.74, 6) is 1.23. The molecule has 1 aliphatic carbocycles. The first-order valence-electron chi connectivity index (χ1n) is 7.50. The van der Waals surface area contributed by atoms with Gasteiger partial charge < -0.3 is 10.1 Å². The van der Waals surface area contributed by atoms with Crippen LogP contribution in [0, 0.1) is 0 Å². The van der Waals surface area contributed by atoms with E-state index in [0.29, 0.717) is 5.92 Å². The molecule has 110 valence electrons. The maximum atomic E-state index is 5.50. The minimum Gasteiger partial charge on any atom is -0.495 e. The van der Waals surface area contributed by atoms with Crippen molar-refractivity contribution in [3.63, 3.8) is 0 Å². The largest absolute Gasteiger partial charge is 0.495 e. The van der Waals surface area contributed by atoms with E-state index in [1.54, 1.807) is 13.3 Å². The van der Waals surface area contributed by atoms with E-state index in [1.807, 2.05) is 24.5 Å². The summed E-state index contributed by atoms with van der Waals surface area (Å²) >= 11 is 0. The van der Waals surface area contributed by atoms with Crippen molar-refractivity contribution < 1.29 is 4.74 Å². The van der Waals surface area contributed by atoms with Crippen LogP contribution in [0.15, 0.2) is 36.8 Å². The molecule has 0 radical (unpaired) electrons. The highest BCUT2D eigenvalue weighted by Crippen LogP contribution is 2.42. The molecule has 0 spiro atoms. The molecule has 0 fully saturated rings. The molecule has 0 saturated carbocycles. The predicted molar refractivity (Wildman–Crippen MR) is 82.5 cm³/mol.